The minimum absolute atomic E-state index is 0. The van der Waals surface area contributed by atoms with Gasteiger partial charge in [-0.1, -0.05) is 43.8 Å². The first kappa shape index (κ1) is 28.4. The fraction of sp³-hybridized carbons (Fsp3) is 0.250. The number of rotatable bonds is 9. The number of benzene rings is 2. The molecule has 12 heteroatoms. The van der Waals surface area contributed by atoms with Gasteiger partial charge in [0.1, 0.15) is 22.7 Å². The van der Waals surface area contributed by atoms with Crippen LogP contribution in [-0.2, 0) is 22.3 Å². The molecule has 1 amide bonds. The lowest BCUT2D eigenvalue weighted by molar-refractivity contribution is -0.137. The van der Waals surface area contributed by atoms with Crippen LogP contribution in [0.3, 0.4) is 0 Å². The number of thioether (sulfide) groups is 1. The number of halogens is 3. The molecule has 0 fully saturated rings. The minimum atomic E-state index is -4.56. The van der Waals surface area contributed by atoms with Gasteiger partial charge in [0.05, 0.1) is 18.8 Å². The molecule has 36 heavy (non-hydrogen) atoms. The van der Waals surface area contributed by atoms with E-state index in [2.05, 4.69) is 20.6 Å². The van der Waals surface area contributed by atoms with Crippen LogP contribution in [0.15, 0.2) is 59.6 Å². The van der Waals surface area contributed by atoms with Gasteiger partial charge in [-0.25, -0.2) is 4.98 Å². The maximum atomic E-state index is 13.1. The zero-order chi connectivity index (χ0) is 25.4. The number of nitriles is 1. The second kappa shape index (κ2) is 12.8. The molecule has 3 rings (SSSR count). The predicted molar refractivity (Wildman–Crippen MR) is 133 cm³/mol. The van der Waals surface area contributed by atoms with Crippen molar-refractivity contribution in [3.05, 3.63) is 71.3 Å². The number of aromatic nitrogens is 2. The van der Waals surface area contributed by atoms with Crippen LogP contribution in [0.2, 0.25) is 0 Å². The third kappa shape index (κ3) is 7.59. The van der Waals surface area contributed by atoms with E-state index in [-0.39, 0.29) is 43.7 Å². The van der Waals surface area contributed by atoms with Gasteiger partial charge in [0.15, 0.2) is 5.82 Å². The molecule has 0 radical (unpaired) electrons. The number of carbonyl (C=O) groups excluding carboxylic acids is 1. The molecule has 0 aliphatic rings. The van der Waals surface area contributed by atoms with Crippen LogP contribution >= 0.6 is 11.8 Å². The van der Waals surface area contributed by atoms with Crippen LogP contribution in [0.1, 0.15) is 24.1 Å². The molecular weight excluding hydrogens is 493 g/mol. The molecule has 0 aliphatic heterocycles. The summed E-state index contributed by atoms with van der Waals surface area (Å²) in [4.78, 5) is 21.1. The van der Waals surface area contributed by atoms with Crippen LogP contribution in [0.4, 0.5) is 30.6 Å². The summed E-state index contributed by atoms with van der Waals surface area (Å²) in [5.74, 6) is -0.792. The highest BCUT2D eigenvalue weighted by atomic mass is 32.2. The van der Waals surface area contributed by atoms with Gasteiger partial charge in [-0.3, -0.25) is 4.79 Å². The molecule has 2 aromatic carbocycles. The van der Waals surface area contributed by atoms with Crippen molar-refractivity contribution in [2.45, 2.75) is 31.3 Å². The maximum absolute atomic E-state index is 13.1. The molecule has 0 spiro atoms. The molecule has 0 aliphatic carbocycles. The minimum Gasteiger partial charge on any atom is -0.374 e. The van der Waals surface area contributed by atoms with Gasteiger partial charge >= 0.3 is 6.18 Å². The van der Waals surface area contributed by atoms with E-state index in [1.807, 2.05) is 36.4 Å². The van der Waals surface area contributed by atoms with Crippen molar-refractivity contribution in [1.82, 2.24) is 9.97 Å². The molecule has 0 saturated heterocycles. The molecule has 3 aromatic rings. The Morgan fingerprint density at radius 1 is 1.19 bits per heavy atom. The first-order chi connectivity index (χ1) is 16.7. The van der Waals surface area contributed by atoms with Gasteiger partial charge in [-0.15, -0.1) is 11.8 Å². The van der Waals surface area contributed by atoms with Gasteiger partial charge in [0.25, 0.3) is 0 Å². The number of nitrogens with zero attached hydrogens (tertiary/aromatic N) is 3. The number of alkyl halides is 3. The Morgan fingerprint density at radius 3 is 2.56 bits per heavy atom. The highest BCUT2D eigenvalue weighted by Gasteiger charge is 2.31. The summed E-state index contributed by atoms with van der Waals surface area (Å²) in [7, 11) is 0. The third-order valence-corrected chi connectivity index (χ3v) is 5.36. The predicted octanol–water partition coefficient (Wildman–Crippen LogP) is 4.94. The van der Waals surface area contributed by atoms with E-state index in [0.29, 0.717) is 5.03 Å². The number of nitrogens with one attached hydrogen (secondary N) is 2. The largest absolute Gasteiger partial charge is 0.416 e. The van der Waals surface area contributed by atoms with Crippen LogP contribution in [-0.4, -0.2) is 34.8 Å². The van der Waals surface area contributed by atoms with Crippen molar-refractivity contribution in [1.29, 1.82) is 5.26 Å². The van der Waals surface area contributed by atoms with E-state index in [1.54, 1.807) is 6.26 Å². The molecule has 0 saturated carbocycles. The number of anilines is 3. The fourth-order valence-corrected chi connectivity index (χ4v) is 3.56. The van der Waals surface area contributed by atoms with Crippen molar-refractivity contribution >= 4 is 35.1 Å². The van der Waals surface area contributed by atoms with E-state index in [9.17, 15) is 23.2 Å². The Balaban J connectivity index is 0.00000456. The van der Waals surface area contributed by atoms with Crippen LogP contribution in [0, 0.1) is 11.3 Å². The van der Waals surface area contributed by atoms with Crippen molar-refractivity contribution in [3.63, 3.8) is 0 Å². The summed E-state index contributed by atoms with van der Waals surface area (Å²) >= 11 is 1.17. The number of nitrogens with two attached hydrogens (primary N) is 1. The average molecular weight is 519 g/mol. The van der Waals surface area contributed by atoms with Crippen molar-refractivity contribution < 1.29 is 22.7 Å². The first-order valence-electron chi connectivity index (χ1n) is 10.2. The van der Waals surface area contributed by atoms with Gasteiger partial charge in [-0.2, -0.15) is 23.4 Å². The molecule has 0 bridgehead atoms. The molecule has 1 atom stereocenters. The standard InChI is InChI=1S/C23H21F3N6O2S.CH4/c1-35-21-17(11-27)19(31-22(28)32-21)30-18(13-34-12-14-6-3-2-4-7-14)20(33)29-16-9-5-8-15(10-16)23(24,25)26;/h2-10,18H,12-13H2,1H3,(H,29,33)(H3,28,30,31,32);1H4/t18-;/m0./s1. The number of nitrogen functional groups attached to an aromatic ring is 1. The van der Waals surface area contributed by atoms with E-state index in [4.69, 9.17) is 10.5 Å². The van der Waals surface area contributed by atoms with Gasteiger partial charge in [0.2, 0.25) is 11.9 Å². The topological polar surface area (TPSA) is 126 Å². The first-order valence-corrected chi connectivity index (χ1v) is 11.4. The van der Waals surface area contributed by atoms with Crippen molar-refractivity contribution in [2.24, 2.45) is 0 Å². The Morgan fingerprint density at radius 2 is 1.92 bits per heavy atom. The number of carbonyl (C=O) groups is 1. The molecule has 0 unspecified atom stereocenters. The highest BCUT2D eigenvalue weighted by Crippen LogP contribution is 2.31. The van der Waals surface area contributed by atoms with E-state index >= 15 is 0 Å². The smallest absolute Gasteiger partial charge is 0.374 e. The summed E-state index contributed by atoms with van der Waals surface area (Å²) in [5.41, 5.74) is 5.73. The lowest BCUT2D eigenvalue weighted by Gasteiger charge is -2.20. The van der Waals surface area contributed by atoms with E-state index < -0.39 is 23.7 Å². The summed E-state index contributed by atoms with van der Waals surface area (Å²) in [5, 5.41) is 15.2. The van der Waals surface area contributed by atoms with Crippen LogP contribution in [0.5, 0.6) is 0 Å². The lowest BCUT2D eigenvalue weighted by Crippen LogP contribution is -2.39. The zero-order valence-corrected chi connectivity index (χ0v) is 19.3. The second-order valence-electron chi connectivity index (χ2n) is 7.19. The molecule has 1 aromatic heterocycles. The molecule has 1 heterocycles. The Hall–Kier alpha value is -3.82. The summed E-state index contributed by atoms with van der Waals surface area (Å²) < 4.78 is 44.9. The zero-order valence-electron chi connectivity index (χ0n) is 18.5. The van der Waals surface area contributed by atoms with E-state index in [1.165, 1.54) is 23.9 Å². The highest BCUT2D eigenvalue weighted by molar-refractivity contribution is 7.98. The number of ether oxygens (including phenoxy) is 1. The van der Waals surface area contributed by atoms with Gasteiger partial charge in [0, 0.05) is 5.69 Å². The number of hydrogen-bond donors (Lipinski definition) is 3. The Labute approximate surface area is 211 Å². The molecular formula is C24H25F3N6O2S. The second-order valence-corrected chi connectivity index (χ2v) is 7.99. The SMILES string of the molecule is C.CSc1nc(N)nc(N[C@@H](COCc2ccccc2)C(=O)Nc2cccc(C(F)(F)F)c2)c1C#N. The Bertz CT molecular complexity index is 1220. The summed E-state index contributed by atoms with van der Waals surface area (Å²) in [6, 6.07) is 14.3. The van der Waals surface area contributed by atoms with Crippen molar-refractivity contribution in [2.75, 3.05) is 29.2 Å². The fourth-order valence-electron chi connectivity index (χ4n) is 3.03. The lowest BCUT2D eigenvalue weighted by atomic mass is 10.2. The Kier molecular flexibility index (Phi) is 10.1. The normalized spacial score (nSPS) is 11.6. The molecule has 4 N–H and O–H groups in total. The number of hydrogen-bond acceptors (Lipinski definition) is 8. The van der Waals surface area contributed by atoms with Crippen LogP contribution < -0.4 is 16.4 Å². The number of amides is 1. The van der Waals surface area contributed by atoms with Crippen molar-refractivity contribution in [3.8, 4) is 6.07 Å². The third-order valence-electron chi connectivity index (χ3n) is 4.68. The summed E-state index contributed by atoms with van der Waals surface area (Å²) in [6.07, 6.45) is -2.86. The van der Waals surface area contributed by atoms with E-state index in [0.717, 1.165) is 17.7 Å². The summed E-state index contributed by atoms with van der Waals surface area (Å²) in [6.45, 7) is 0.00596. The van der Waals surface area contributed by atoms with Gasteiger partial charge in [-0.05, 0) is 30.0 Å². The van der Waals surface area contributed by atoms with Gasteiger partial charge < -0.3 is 21.1 Å². The van der Waals surface area contributed by atoms with Crippen LogP contribution in [0.25, 0.3) is 0 Å². The average Bonchev–Trinajstić information content (AvgIpc) is 2.83. The quantitative estimate of drug-likeness (QED) is 0.269. The molecule has 8 nitrogen and oxygen atoms in total. The maximum Gasteiger partial charge on any atom is 0.416 e. The molecule has 190 valence electrons. The monoisotopic (exact) mass is 518 g/mol.